The zero-order valence-corrected chi connectivity index (χ0v) is 20.3. The van der Waals surface area contributed by atoms with E-state index in [4.69, 9.17) is 9.47 Å². The van der Waals surface area contributed by atoms with Gasteiger partial charge in [-0.05, 0) is 44.4 Å². The summed E-state index contributed by atoms with van der Waals surface area (Å²) in [5.74, 6) is -0.478. The Bertz CT molecular complexity index is 1000. The van der Waals surface area contributed by atoms with Crippen LogP contribution in [0.25, 0.3) is 0 Å². The lowest BCUT2D eigenvalue weighted by molar-refractivity contribution is -0.142. The highest BCUT2D eigenvalue weighted by Gasteiger charge is 2.26. The molecule has 2 amide bonds. The van der Waals surface area contributed by atoms with Gasteiger partial charge in [0.2, 0.25) is 0 Å². The van der Waals surface area contributed by atoms with E-state index < -0.39 is 12.3 Å². The number of anilines is 2. The van der Waals surface area contributed by atoms with Crippen LogP contribution in [0.5, 0.6) is 0 Å². The zero-order valence-electron chi connectivity index (χ0n) is 19.5. The molecule has 1 aromatic carbocycles. The maximum Gasteiger partial charge on any atom is 0.325 e. The number of amides is 2. The number of nitrogens with one attached hydrogen (secondary N) is 2. The summed E-state index contributed by atoms with van der Waals surface area (Å²) in [4.78, 5) is 42.0. The first-order chi connectivity index (χ1) is 16.4. The average molecular weight is 490 g/mol. The molecule has 9 nitrogen and oxygen atoms in total. The molecule has 3 rings (SSSR count). The Morgan fingerprint density at radius 2 is 1.94 bits per heavy atom. The first-order valence-electron chi connectivity index (χ1n) is 11.5. The van der Waals surface area contributed by atoms with E-state index in [1.807, 2.05) is 0 Å². The van der Waals surface area contributed by atoms with Crippen LogP contribution in [0.1, 0.15) is 61.1 Å². The third-order valence-corrected chi connectivity index (χ3v) is 6.30. The van der Waals surface area contributed by atoms with E-state index in [2.05, 4.69) is 15.6 Å². The fraction of sp³-hybridized carbons (Fsp3) is 0.500. The molecule has 1 fully saturated rings. The van der Waals surface area contributed by atoms with Crippen LogP contribution >= 0.6 is 11.3 Å². The van der Waals surface area contributed by atoms with Crippen molar-refractivity contribution in [1.82, 2.24) is 4.98 Å². The van der Waals surface area contributed by atoms with E-state index in [0.717, 1.165) is 25.7 Å². The second-order valence-electron chi connectivity index (χ2n) is 8.04. The van der Waals surface area contributed by atoms with E-state index in [1.54, 1.807) is 37.4 Å². The summed E-state index contributed by atoms with van der Waals surface area (Å²) in [6, 6.07) is 4.48. The summed E-state index contributed by atoms with van der Waals surface area (Å²) in [6.07, 6.45) is 2.98. The number of benzene rings is 1. The molecule has 0 radical (unpaired) electrons. The molecule has 1 heterocycles. The van der Waals surface area contributed by atoms with Gasteiger partial charge < -0.3 is 19.9 Å². The van der Waals surface area contributed by atoms with Crippen molar-refractivity contribution < 1.29 is 29.0 Å². The molecule has 10 heteroatoms. The van der Waals surface area contributed by atoms with Gasteiger partial charge in [-0.15, -0.1) is 11.3 Å². The smallest absolute Gasteiger partial charge is 0.325 e. The highest BCUT2D eigenvalue weighted by Crippen LogP contribution is 2.31. The van der Waals surface area contributed by atoms with Crippen molar-refractivity contribution in [1.29, 1.82) is 0 Å². The predicted octanol–water partition coefficient (Wildman–Crippen LogP) is 4.16. The maximum absolute atomic E-state index is 13.2. The van der Waals surface area contributed by atoms with Gasteiger partial charge in [-0.3, -0.25) is 14.9 Å². The van der Waals surface area contributed by atoms with Crippen LogP contribution < -0.4 is 10.6 Å². The number of aromatic nitrogens is 1. The number of nitrogens with zero attached hydrogens (tertiary/aromatic N) is 1. The van der Waals surface area contributed by atoms with Gasteiger partial charge in [0.25, 0.3) is 0 Å². The fourth-order valence-electron chi connectivity index (χ4n) is 3.94. The Labute approximate surface area is 202 Å². The van der Waals surface area contributed by atoms with Crippen LogP contribution in [0.15, 0.2) is 23.6 Å². The van der Waals surface area contributed by atoms with Crippen molar-refractivity contribution in [3.05, 3.63) is 40.4 Å². The van der Waals surface area contributed by atoms with Crippen molar-refractivity contribution in [3.8, 4) is 0 Å². The number of urea groups is 1. The molecule has 0 spiro atoms. The summed E-state index contributed by atoms with van der Waals surface area (Å²) < 4.78 is 10.1. The second kappa shape index (κ2) is 12.6. The Morgan fingerprint density at radius 1 is 1.18 bits per heavy atom. The minimum Gasteiger partial charge on any atom is -0.466 e. The number of rotatable bonds is 11. The molecule has 1 aliphatic carbocycles. The number of hydrogen-bond donors (Lipinski definition) is 3. The van der Waals surface area contributed by atoms with Crippen LogP contribution in [0.4, 0.5) is 15.6 Å². The fourth-order valence-corrected chi connectivity index (χ4v) is 4.66. The molecule has 1 atom stereocenters. The first kappa shape index (κ1) is 25.8. The second-order valence-corrected chi connectivity index (χ2v) is 8.90. The molecule has 184 valence electrons. The Hall–Kier alpha value is -2.82. The number of thiazole rings is 1. The number of hydrogen-bond acceptors (Lipinski definition) is 8. The van der Waals surface area contributed by atoms with Crippen molar-refractivity contribution in [2.45, 2.75) is 58.7 Å². The lowest BCUT2D eigenvalue weighted by Gasteiger charge is -2.15. The third-order valence-electron chi connectivity index (χ3n) is 5.49. The van der Waals surface area contributed by atoms with Crippen molar-refractivity contribution in [3.63, 3.8) is 0 Å². The normalized spacial score (nSPS) is 14.6. The summed E-state index contributed by atoms with van der Waals surface area (Å²) in [5.41, 5.74) is 2.03. The molecular formula is C24H31N3O6S. The molecule has 1 saturated carbocycles. The largest absolute Gasteiger partial charge is 0.466 e. The van der Waals surface area contributed by atoms with Crippen LogP contribution in [0, 0.1) is 5.92 Å². The number of ketones is 1. The molecule has 2 aromatic rings. The monoisotopic (exact) mass is 489 g/mol. The van der Waals surface area contributed by atoms with E-state index in [-0.39, 0.29) is 37.1 Å². The van der Waals surface area contributed by atoms with Gasteiger partial charge in [0.15, 0.2) is 17.2 Å². The highest BCUT2D eigenvalue weighted by molar-refractivity contribution is 7.13. The van der Waals surface area contributed by atoms with Crippen LogP contribution in [-0.2, 0) is 27.1 Å². The van der Waals surface area contributed by atoms with Gasteiger partial charge in [0, 0.05) is 29.9 Å². The number of aliphatic hydroxyl groups is 1. The number of ether oxygens (including phenoxy) is 2. The lowest BCUT2D eigenvalue weighted by Crippen LogP contribution is -2.22. The molecule has 0 aliphatic heterocycles. The molecule has 1 aliphatic rings. The molecule has 0 bridgehead atoms. The Morgan fingerprint density at radius 3 is 2.65 bits per heavy atom. The van der Waals surface area contributed by atoms with Crippen molar-refractivity contribution in [2.75, 3.05) is 23.8 Å². The lowest BCUT2D eigenvalue weighted by atomic mass is 9.93. The highest BCUT2D eigenvalue weighted by atomic mass is 32.1. The quantitative estimate of drug-likeness (QED) is 0.246. The van der Waals surface area contributed by atoms with E-state index in [9.17, 15) is 19.5 Å². The Kier molecular flexibility index (Phi) is 9.55. The average Bonchev–Trinajstić information content (AvgIpc) is 3.47. The van der Waals surface area contributed by atoms with Crippen molar-refractivity contribution in [2.24, 2.45) is 5.92 Å². The predicted molar refractivity (Wildman–Crippen MR) is 129 cm³/mol. The first-order valence-corrected chi connectivity index (χ1v) is 12.4. The summed E-state index contributed by atoms with van der Waals surface area (Å²) in [6.45, 7) is 4.21. The van der Waals surface area contributed by atoms with Crippen LogP contribution in [0.3, 0.4) is 0 Å². The minimum absolute atomic E-state index is 0.0278. The van der Waals surface area contributed by atoms with E-state index >= 15 is 0 Å². The number of esters is 1. The minimum atomic E-state index is -0.953. The van der Waals surface area contributed by atoms with Crippen molar-refractivity contribution >= 4 is 39.9 Å². The maximum atomic E-state index is 13.2. The van der Waals surface area contributed by atoms with E-state index in [0.29, 0.717) is 34.2 Å². The molecule has 34 heavy (non-hydrogen) atoms. The van der Waals surface area contributed by atoms with Gasteiger partial charge in [-0.25, -0.2) is 9.78 Å². The van der Waals surface area contributed by atoms with Gasteiger partial charge >= 0.3 is 12.0 Å². The molecule has 3 N–H and O–H groups in total. The van der Waals surface area contributed by atoms with Gasteiger partial charge in [0.05, 0.1) is 24.4 Å². The number of aliphatic hydroxyl groups excluding tert-OH is 1. The summed E-state index contributed by atoms with van der Waals surface area (Å²) in [7, 11) is 0. The van der Waals surface area contributed by atoms with Crippen LogP contribution in [-0.4, -0.2) is 47.4 Å². The molecule has 1 aromatic heterocycles. The molecular weight excluding hydrogens is 458 g/mol. The molecule has 0 saturated heterocycles. The van der Waals surface area contributed by atoms with E-state index in [1.165, 1.54) is 11.3 Å². The summed E-state index contributed by atoms with van der Waals surface area (Å²) in [5, 5.41) is 17.3. The topological polar surface area (TPSA) is 127 Å². The van der Waals surface area contributed by atoms with Gasteiger partial charge in [-0.1, -0.05) is 18.9 Å². The number of carbonyl (C=O) groups excluding carboxylic acids is 3. The summed E-state index contributed by atoms with van der Waals surface area (Å²) >= 11 is 1.23. The molecule has 1 unspecified atom stereocenters. The number of Topliss-reactive ketones (excluding diaryl/α,β-unsaturated/α-hetero) is 1. The van der Waals surface area contributed by atoms with Crippen LogP contribution in [0.2, 0.25) is 0 Å². The Balaban J connectivity index is 1.71. The zero-order chi connectivity index (χ0) is 24.5. The number of carbonyl (C=O) groups is 3. The van der Waals surface area contributed by atoms with Gasteiger partial charge in [-0.2, -0.15) is 0 Å². The standard InChI is InChI=1S/C24H31N3O6S/c1-3-32-20(28)12-15-9-10-19(18(11-15)22(30)16-7-5-6-8-16)26-23(31)27-24-25-17(14-34-24)13-21(29)33-4-2/h9-11,14,16,21,29H,3-8,12-13H2,1-2H3,(H2,25,26,27,31). The third kappa shape index (κ3) is 7.34. The van der Waals surface area contributed by atoms with Gasteiger partial charge in [0.1, 0.15) is 0 Å². The SMILES string of the molecule is CCOC(=O)Cc1ccc(NC(=O)Nc2nc(CC(O)OCC)cs2)c(C(=O)C2CCCC2)c1.